The van der Waals surface area contributed by atoms with Gasteiger partial charge in [0.2, 0.25) is 0 Å². The molecule has 0 atom stereocenters. The first-order valence-electron chi connectivity index (χ1n) is 3.42. The Bertz CT molecular complexity index is 271. The zero-order valence-corrected chi connectivity index (χ0v) is 6.68. The van der Waals surface area contributed by atoms with Crippen molar-refractivity contribution in [1.82, 2.24) is 0 Å². The van der Waals surface area contributed by atoms with Gasteiger partial charge in [-0.15, -0.1) is 0 Å². The number of nitrogen functional groups attached to an aromatic ring is 1. The van der Waals surface area contributed by atoms with Gasteiger partial charge in [-0.3, -0.25) is 0 Å². The summed E-state index contributed by atoms with van der Waals surface area (Å²) < 4.78 is 0. The third-order valence-electron chi connectivity index (χ3n) is 1.70. The molecule has 1 rings (SSSR count). The van der Waals surface area contributed by atoms with Crippen LogP contribution in [0.1, 0.15) is 5.56 Å². The van der Waals surface area contributed by atoms with Gasteiger partial charge in [0.05, 0.1) is 11.4 Å². The maximum Gasteiger partial charge on any atom is 0.162 e. The molecule has 0 radical (unpaired) electrons. The number of anilines is 2. The quantitative estimate of drug-likeness (QED) is 0.420. The van der Waals surface area contributed by atoms with Gasteiger partial charge >= 0.3 is 0 Å². The van der Waals surface area contributed by atoms with Crippen LogP contribution in [-0.4, -0.2) is 12.2 Å². The summed E-state index contributed by atoms with van der Waals surface area (Å²) in [6, 6.07) is 3.65. The number of nitrogens with one attached hydrogen (secondary N) is 1. The van der Waals surface area contributed by atoms with Crippen LogP contribution in [0, 0.1) is 6.92 Å². The Kier molecular flexibility index (Phi) is 1.89. The van der Waals surface area contributed by atoms with Gasteiger partial charge < -0.3 is 16.2 Å². The van der Waals surface area contributed by atoms with Crippen LogP contribution >= 0.6 is 0 Å². The number of hydrogen-bond donors (Lipinski definition) is 3. The predicted octanol–water partition coefficient (Wildman–Crippen LogP) is 1.32. The zero-order valence-electron chi connectivity index (χ0n) is 6.68. The Morgan fingerprint density at radius 2 is 2.09 bits per heavy atom. The first kappa shape index (κ1) is 7.72. The molecule has 0 amide bonds. The summed E-state index contributed by atoms with van der Waals surface area (Å²) >= 11 is 0. The van der Waals surface area contributed by atoms with E-state index in [0.29, 0.717) is 11.4 Å². The van der Waals surface area contributed by atoms with Gasteiger partial charge in [-0.1, -0.05) is 6.07 Å². The molecule has 3 heteroatoms. The molecule has 0 spiro atoms. The van der Waals surface area contributed by atoms with Crippen molar-refractivity contribution < 1.29 is 5.11 Å². The topological polar surface area (TPSA) is 58.3 Å². The first-order valence-corrected chi connectivity index (χ1v) is 3.42. The molecule has 0 fully saturated rings. The van der Waals surface area contributed by atoms with Crippen molar-refractivity contribution in [3.63, 3.8) is 0 Å². The van der Waals surface area contributed by atoms with Crippen LogP contribution in [0.4, 0.5) is 11.4 Å². The highest BCUT2D eigenvalue weighted by molar-refractivity contribution is 5.71. The van der Waals surface area contributed by atoms with Gasteiger partial charge in [-0.2, -0.15) is 0 Å². The largest absolute Gasteiger partial charge is 0.504 e. The highest BCUT2D eigenvalue weighted by Gasteiger charge is 2.04. The SMILES string of the molecule is CNc1ccc(C)c(N)c1O. The number of hydrogen-bond acceptors (Lipinski definition) is 3. The van der Waals surface area contributed by atoms with Gasteiger partial charge in [0.1, 0.15) is 0 Å². The molecule has 0 aromatic heterocycles. The van der Waals surface area contributed by atoms with E-state index >= 15 is 0 Å². The lowest BCUT2D eigenvalue weighted by molar-refractivity contribution is 0.480. The fourth-order valence-corrected chi connectivity index (χ4v) is 0.911. The molecule has 0 bridgehead atoms. The normalized spacial score (nSPS) is 9.64. The molecule has 1 aromatic rings. The Balaban J connectivity index is 3.25. The number of nitrogens with two attached hydrogens (primary N) is 1. The fraction of sp³-hybridized carbons (Fsp3) is 0.250. The highest BCUT2D eigenvalue weighted by atomic mass is 16.3. The molecule has 1 aromatic carbocycles. The van der Waals surface area contributed by atoms with Crippen LogP contribution in [0.25, 0.3) is 0 Å². The van der Waals surface area contributed by atoms with Crippen LogP contribution in [0.5, 0.6) is 5.75 Å². The second-order valence-corrected chi connectivity index (χ2v) is 2.44. The lowest BCUT2D eigenvalue weighted by atomic mass is 10.1. The van der Waals surface area contributed by atoms with E-state index in [9.17, 15) is 5.11 Å². The number of rotatable bonds is 1. The van der Waals surface area contributed by atoms with E-state index < -0.39 is 0 Å². The fourth-order valence-electron chi connectivity index (χ4n) is 0.911. The van der Waals surface area contributed by atoms with Crippen LogP contribution < -0.4 is 11.1 Å². The molecule has 0 aliphatic carbocycles. The molecule has 0 saturated carbocycles. The molecule has 4 N–H and O–H groups in total. The van der Waals surface area contributed by atoms with Crippen LogP contribution in [0.2, 0.25) is 0 Å². The van der Waals surface area contributed by atoms with E-state index in [1.165, 1.54) is 0 Å². The second kappa shape index (κ2) is 2.70. The van der Waals surface area contributed by atoms with Crippen LogP contribution in [0.3, 0.4) is 0 Å². The number of aryl methyl sites for hydroxylation is 1. The Morgan fingerprint density at radius 3 is 2.64 bits per heavy atom. The highest BCUT2D eigenvalue weighted by Crippen LogP contribution is 2.31. The monoisotopic (exact) mass is 152 g/mol. The number of benzene rings is 1. The third kappa shape index (κ3) is 1.22. The standard InChI is InChI=1S/C8H12N2O/c1-5-3-4-6(10-2)8(11)7(5)9/h3-4,10-11H,9H2,1-2H3. The molecular weight excluding hydrogens is 140 g/mol. The van der Waals surface area contributed by atoms with Crippen molar-refractivity contribution in [2.75, 3.05) is 18.1 Å². The number of aromatic hydroxyl groups is 1. The average molecular weight is 152 g/mol. The molecule has 0 unspecified atom stereocenters. The number of phenols is 1. The number of phenolic OH excluding ortho intramolecular Hbond substituents is 1. The molecule has 3 nitrogen and oxygen atoms in total. The minimum atomic E-state index is 0.132. The van der Waals surface area contributed by atoms with Gasteiger partial charge in [0.15, 0.2) is 5.75 Å². The smallest absolute Gasteiger partial charge is 0.162 e. The maximum atomic E-state index is 9.39. The third-order valence-corrected chi connectivity index (χ3v) is 1.70. The Labute approximate surface area is 65.8 Å². The van der Waals surface area contributed by atoms with Crippen molar-refractivity contribution in [1.29, 1.82) is 0 Å². The minimum absolute atomic E-state index is 0.132. The van der Waals surface area contributed by atoms with Gasteiger partial charge in [-0.25, -0.2) is 0 Å². The lowest BCUT2D eigenvalue weighted by Crippen LogP contribution is -1.94. The van der Waals surface area contributed by atoms with Crippen molar-refractivity contribution >= 4 is 11.4 Å². The van der Waals surface area contributed by atoms with Gasteiger partial charge in [-0.05, 0) is 18.6 Å². The molecule has 0 aliphatic rings. The Hall–Kier alpha value is -1.38. The van der Waals surface area contributed by atoms with E-state index in [0.717, 1.165) is 5.56 Å². The average Bonchev–Trinajstić information content (AvgIpc) is 2.01. The van der Waals surface area contributed by atoms with Crippen molar-refractivity contribution in [2.24, 2.45) is 0 Å². The summed E-state index contributed by atoms with van der Waals surface area (Å²) in [5, 5.41) is 12.2. The molecule has 0 heterocycles. The predicted molar refractivity (Wildman–Crippen MR) is 46.8 cm³/mol. The van der Waals surface area contributed by atoms with Crippen molar-refractivity contribution in [3.8, 4) is 5.75 Å². The molecule has 60 valence electrons. The van der Waals surface area contributed by atoms with Gasteiger partial charge in [0, 0.05) is 7.05 Å². The zero-order chi connectivity index (χ0) is 8.43. The molecule has 11 heavy (non-hydrogen) atoms. The van der Waals surface area contributed by atoms with E-state index in [1.807, 2.05) is 13.0 Å². The molecule has 0 aliphatic heterocycles. The summed E-state index contributed by atoms with van der Waals surface area (Å²) in [6.07, 6.45) is 0. The summed E-state index contributed by atoms with van der Waals surface area (Å²) in [5.74, 6) is 0.132. The first-order chi connectivity index (χ1) is 5.16. The van der Waals surface area contributed by atoms with Crippen molar-refractivity contribution in [2.45, 2.75) is 6.92 Å². The lowest BCUT2D eigenvalue weighted by Gasteiger charge is -2.07. The summed E-state index contributed by atoms with van der Waals surface area (Å²) in [6.45, 7) is 1.86. The summed E-state index contributed by atoms with van der Waals surface area (Å²) in [7, 11) is 1.74. The van der Waals surface area contributed by atoms with E-state index in [4.69, 9.17) is 5.73 Å². The summed E-state index contributed by atoms with van der Waals surface area (Å²) in [5.41, 5.74) is 7.56. The van der Waals surface area contributed by atoms with E-state index in [2.05, 4.69) is 5.32 Å². The van der Waals surface area contributed by atoms with Gasteiger partial charge in [0.25, 0.3) is 0 Å². The van der Waals surface area contributed by atoms with E-state index in [1.54, 1.807) is 13.1 Å². The van der Waals surface area contributed by atoms with E-state index in [-0.39, 0.29) is 5.75 Å². The van der Waals surface area contributed by atoms with Crippen molar-refractivity contribution in [3.05, 3.63) is 17.7 Å². The van der Waals surface area contributed by atoms with Crippen LogP contribution in [0.15, 0.2) is 12.1 Å². The summed E-state index contributed by atoms with van der Waals surface area (Å²) in [4.78, 5) is 0. The molecule has 0 saturated heterocycles. The van der Waals surface area contributed by atoms with Crippen LogP contribution in [-0.2, 0) is 0 Å². The Morgan fingerprint density at radius 1 is 1.45 bits per heavy atom. The maximum absolute atomic E-state index is 9.39. The molecular formula is C8H12N2O. The minimum Gasteiger partial charge on any atom is -0.504 e. The second-order valence-electron chi connectivity index (χ2n) is 2.44.